The smallest absolute Gasteiger partial charge is 0.137 e. The van der Waals surface area contributed by atoms with Crippen molar-refractivity contribution in [3.8, 4) is 11.5 Å². The molecule has 0 atom stereocenters. The average Bonchev–Trinajstić information content (AvgIpc) is 2.62. The fourth-order valence-corrected chi connectivity index (χ4v) is 2.94. The summed E-state index contributed by atoms with van der Waals surface area (Å²) in [5.41, 5.74) is 3.35. The third kappa shape index (κ3) is 4.39. The largest absolute Gasteiger partial charge is 0.488 e. The maximum atomic E-state index is 5.97. The van der Waals surface area contributed by atoms with Crippen LogP contribution in [0.15, 0.2) is 77.3 Å². The van der Waals surface area contributed by atoms with E-state index in [1.165, 1.54) is 0 Å². The van der Waals surface area contributed by atoms with Gasteiger partial charge in [-0.05, 0) is 45.6 Å². The van der Waals surface area contributed by atoms with Gasteiger partial charge in [0.25, 0.3) is 0 Å². The van der Waals surface area contributed by atoms with E-state index >= 15 is 0 Å². The molecule has 122 valence electrons. The second kappa shape index (κ2) is 8.02. The van der Waals surface area contributed by atoms with Crippen LogP contribution >= 0.6 is 15.9 Å². The van der Waals surface area contributed by atoms with E-state index in [0.717, 1.165) is 32.7 Å². The molecule has 0 fully saturated rings. The molecular formula is C21H19BrO2. The van der Waals surface area contributed by atoms with E-state index < -0.39 is 0 Å². The van der Waals surface area contributed by atoms with Crippen LogP contribution in [0.5, 0.6) is 11.5 Å². The molecule has 3 aromatic carbocycles. The van der Waals surface area contributed by atoms with Crippen LogP contribution in [0.3, 0.4) is 0 Å². The molecule has 24 heavy (non-hydrogen) atoms. The van der Waals surface area contributed by atoms with Crippen molar-refractivity contribution in [2.75, 3.05) is 0 Å². The van der Waals surface area contributed by atoms with Gasteiger partial charge < -0.3 is 9.47 Å². The van der Waals surface area contributed by atoms with Crippen molar-refractivity contribution in [3.05, 3.63) is 94.0 Å². The van der Waals surface area contributed by atoms with Crippen LogP contribution in [0.4, 0.5) is 0 Å². The molecule has 0 heterocycles. The van der Waals surface area contributed by atoms with Crippen LogP contribution in [-0.2, 0) is 13.2 Å². The normalized spacial score (nSPS) is 10.4. The van der Waals surface area contributed by atoms with E-state index in [9.17, 15) is 0 Å². The third-order valence-electron chi connectivity index (χ3n) is 3.70. The van der Waals surface area contributed by atoms with Gasteiger partial charge in [-0.3, -0.25) is 0 Å². The van der Waals surface area contributed by atoms with E-state index in [1.807, 2.05) is 55.5 Å². The second-order valence-corrected chi connectivity index (χ2v) is 6.45. The summed E-state index contributed by atoms with van der Waals surface area (Å²) >= 11 is 3.57. The van der Waals surface area contributed by atoms with Crippen molar-refractivity contribution in [3.63, 3.8) is 0 Å². The Morgan fingerprint density at radius 3 is 1.75 bits per heavy atom. The Hall–Kier alpha value is -2.26. The van der Waals surface area contributed by atoms with Crippen LogP contribution in [-0.4, -0.2) is 0 Å². The summed E-state index contributed by atoms with van der Waals surface area (Å²) in [7, 11) is 0. The molecule has 0 aromatic heterocycles. The molecule has 0 spiro atoms. The minimum absolute atomic E-state index is 0.528. The highest BCUT2D eigenvalue weighted by Gasteiger charge is 2.09. The van der Waals surface area contributed by atoms with Crippen molar-refractivity contribution in [1.29, 1.82) is 0 Å². The van der Waals surface area contributed by atoms with Gasteiger partial charge in [-0.15, -0.1) is 0 Å². The first-order chi connectivity index (χ1) is 11.7. The van der Waals surface area contributed by atoms with E-state index in [2.05, 4.69) is 40.2 Å². The maximum Gasteiger partial charge on any atom is 0.137 e. The minimum Gasteiger partial charge on any atom is -0.488 e. The fourth-order valence-electron chi connectivity index (χ4n) is 2.37. The highest BCUT2D eigenvalue weighted by Crippen LogP contribution is 2.33. The van der Waals surface area contributed by atoms with Gasteiger partial charge in [0.15, 0.2) is 0 Å². The summed E-state index contributed by atoms with van der Waals surface area (Å²) in [4.78, 5) is 0. The standard InChI is InChI=1S/C21H19BrO2/c1-16-12-19(22)21(24-15-18-10-6-3-7-11-18)13-20(16)23-14-17-8-4-2-5-9-17/h2-13H,14-15H2,1H3. The Kier molecular flexibility index (Phi) is 5.55. The van der Waals surface area contributed by atoms with Crippen LogP contribution < -0.4 is 9.47 Å². The summed E-state index contributed by atoms with van der Waals surface area (Å²) in [6, 6.07) is 24.3. The molecular weight excluding hydrogens is 364 g/mol. The first kappa shape index (κ1) is 16.6. The van der Waals surface area contributed by atoms with Crippen molar-refractivity contribution in [2.24, 2.45) is 0 Å². The van der Waals surface area contributed by atoms with Gasteiger partial charge in [-0.2, -0.15) is 0 Å². The SMILES string of the molecule is Cc1cc(Br)c(OCc2ccccc2)cc1OCc1ccccc1. The second-order valence-electron chi connectivity index (χ2n) is 5.60. The zero-order chi connectivity index (χ0) is 16.8. The fraction of sp³-hybridized carbons (Fsp3) is 0.143. The molecule has 0 aliphatic heterocycles. The Bertz CT molecular complexity index is 721. The molecule has 0 radical (unpaired) electrons. The molecule has 0 saturated carbocycles. The van der Waals surface area contributed by atoms with E-state index in [0.29, 0.717) is 13.2 Å². The number of halogens is 1. The topological polar surface area (TPSA) is 18.5 Å². The molecule has 3 aromatic rings. The zero-order valence-corrected chi connectivity index (χ0v) is 15.1. The van der Waals surface area contributed by atoms with Gasteiger partial charge in [-0.25, -0.2) is 0 Å². The zero-order valence-electron chi connectivity index (χ0n) is 13.5. The van der Waals surface area contributed by atoms with E-state index in [-0.39, 0.29) is 0 Å². The van der Waals surface area contributed by atoms with Crippen LogP contribution in [0.2, 0.25) is 0 Å². The highest BCUT2D eigenvalue weighted by molar-refractivity contribution is 9.10. The molecule has 2 nitrogen and oxygen atoms in total. The van der Waals surface area contributed by atoms with E-state index in [1.54, 1.807) is 0 Å². The average molecular weight is 383 g/mol. The lowest BCUT2D eigenvalue weighted by Crippen LogP contribution is -2.00. The minimum atomic E-state index is 0.528. The number of rotatable bonds is 6. The Balaban J connectivity index is 1.71. The first-order valence-electron chi connectivity index (χ1n) is 7.86. The first-order valence-corrected chi connectivity index (χ1v) is 8.65. The van der Waals surface area contributed by atoms with Crippen molar-refractivity contribution in [1.82, 2.24) is 0 Å². The van der Waals surface area contributed by atoms with Crippen molar-refractivity contribution in [2.45, 2.75) is 20.1 Å². The van der Waals surface area contributed by atoms with Crippen molar-refractivity contribution >= 4 is 15.9 Å². The Labute approximate surface area is 151 Å². The Morgan fingerprint density at radius 1 is 0.708 bits per heavy atom. The molecule has 0 N–H and O–H groups in total. The summed E-state index contributed by atoms with van der Waals surface area (Å²) < 4.78 is 12.8. The number of ether oxygens (including phenoxy) is 2. The Morgan fingerprint density at radius 2 is 1.21 bits per heavy atom. The summed E-state index contributed by atoms with van der Waals surface area (Å²) in [5, 5.41) is 0. The lowest BCUT2D eigenvalue weighted by molar-refractivity contribution is 0.287. The maximum absolute atomic E-state index is 5.97. The van der Waals surface area contributed by atoms with Gasteiger partial charge >= 0.3 is 0 Å². The van der Waals surface area contributed by atoms with Gasteiger partial charge in [0.1, 0.15) is 24.7 Å². The summed E-state index contributed by atoms with van der Waals surface area (Å²) in [5.74, 6) is 1.62. The van der Waals surface area contributed by atoms with Gasteiger partial charge in [0.05, 0.1) is 4.47 Å². The molecule has 0 saturated heterocycles. The molecule has 0 aliphatic carbocycles. The predicted octanol–water partition coefficient (Wildman–Crippen LogP) is 5.92. The lowest BCUT2D eigenvalue weighted by atomic mass is 10.2. The number of benzene rings is 3. The highest BCUT2D eigenvalue weighted by atomic mass is 79.9. The number of hydrogen-bond donors (Lipinski definition) is 0. The number of aryl methyl sites for hydroxylation is 1. The third-order valence-corrected chi connectivity index (χ3v) is 4.32. The summed E-state index contributed by atoms with van der Waals surface area (Å²) in [6.45, 7) is 3.11. The molecule has 0 bridgehead atoms. The van der Waals surface area contributed by atoms with E-state index in [4.69, 9.17) is 9.47 Å². The van der Waals surface area contributed by atoms with Crippen molar-refractivity contribution < 1.29 is 9.47 Å². The van der Waals surface area contributed by atoms with Crippen LogP contribution in [0.25, 0.3) is 0 Å². The van der Waals surface area contributed by atoms with Crippen LogP contribution in [0.1, 0.15) is 16.7 Å². The molecule has 0 unspecified atom stereocenters. The monoisotopic (exact) mass is 382 g/mol. The van der Waals surface area contributed by atoms with Gasteiger partial charge in [0.2, 0.25) is 0 Å². The molecule has 0 amide bonds. The molecule has 0 aliphatic rings. The summed E-state index contributed by atoms with van der Waals surface area (Å²) in [6.07, 6.45) is 0. The lowest BCUT2D eigenvalue weighted by Gasteiger charge is -2.14. The molecule has 3 heteroatoms. The predicted molar refractivity (Wildman–Crippen MR) is 100 cm³/mol. The number of hydrogen-bond acceptors (Lipinski definition) is 2. The van der Waals surface area contributed by atoms with Crippen LogP contribution in [0, 0.1) is 6.92 Å². The van der Waals surface area contributed by atoms with Gasteiger partial charge in [-0.1, -0.05) is 60.7 Å². The molecule has 3 rings (SSSR count). The van der Waals surface area contributed by atoms with Gasteiger partial charge in [0, 0.05) is 6.07 Å². The quantitative estimate of drug-likeness (QED) is 0.526.